The Hall–Kier alpha value is -1.81. The Balaban J connectivity index is 1.98. The molecule has 0 fully saturated rings. The number of hydrogen-bond acceptors (Lipinski definition) is 1. The van der Waals surface area contributed by atoms with E-state index >= 15 is 0 Å². The molecule has 0 heterocycles. The number of aryl methyl sites for hydroxylation is 1. The maximum absolute atomic E-state index is 12.3. The summed E-state index contributed by atoms with van der Waals surface area (Å²) >= 11 is 3.55. The first-order valence-electron chi connectivity index (χ1n) is 7.42. The lowest BCUT2D eigenvalue weighted by Gasteiger charge is -2.22. The van der Waals surface area contributed by atoms with Gasteiger partial charge in [-0.2, -0.15) is 0 Å². The summed E-state index contributed by atoms with van der Waals surface area (Å²) in [6, 6.07) is 16.1. The molecule has 0 saturated heterocycles. The lowest BCUT2D eigenvalue weighted by atomic mass is 10.1. The number of rotatable bonds is 5. The molecule has 116 valence electrons. The van der Waals surface area contributed by atoms with Crippen molar-refractivity contribution in [2.75, 3.05) is 6.54 Å². The Morgan fingerprint density at radius 2 is 1.91 bits per heavy atom. The highest BCUT2D eigenvalue weighted by Crippen LogP contribution is 2.20. The van der Waals surface area contributed by atoms with Crippen molar-refractivity contribution in [3.63, 3.8) is 0 Å². The third kappa shape index (κ3) is 4.60. The number of carbonyl (C=O) groups excluding carboxylic acids is 1. The van der Waals surface area contributed by atoms with Gasteiger partial charge in [0.15, 0.2) is 0 Å². The number of hydrogen-bond donors (Lipinski definition) is 1. The second kappa shape index (κ2) is 7.99. The molecule has 0 spiro atoms. The molecule has 0 saturated carbocycles. The normalized spacial score (nSPS) is 10.3. The van der Waals surface area contributed by atoms with E-state index in [4.69, 9.17) is 0 Å². The van der Waals surface area contributed by atoms with Crippen molar-refractivity contribution in [1.82, 2.24) is 10.2 Å². The number of halogens is 1. The van der Waals surface area contributed by atoms with Gasteiger partial charge < -0.3 is 10.2 Å². The zero-order valence-electron chi connectivity index (χ0n) is 13.0. The van der Waals surface area contributed by atoms with Gasteiger partial charge in [-0.1, -0.05) is 64.0 Å². The van der Waals surface area contributed by atoms with Gasteiger partial charge in [0.1, 0.15) is 0 Å². The van der Waals surface area contributed by atoms with E-state index in [1.165, 1.54) is 5.56 Å². The number of benzene rings is 2. The predicted octanol–water partition coefficient (Wildman–Crippen LogP) is 4.49. The van der Waals surface area contributed by atoms with Gasteiger partial charge in [-0.25, -0.2) is 4.79 Å². The maximum Gasteiger partial charge on any atom is 0.317 e. The molecule has 1 N–H and O–H groups in total. The van der Waals surface area contributed by atoms with Crippen LogP contribution in [-0.4, -0.2) is 17.5 Å². The van der Waals surface area contributed by atoms with E-state index < -0.39 is 0 Å². The van der Waals surface area contributed by atoms with Gasteiger partial charge in [-0.3, -0.25) is 0 Å². The van der Waals surface area contributed by atoms with Crippen LogP contribution in [-0.2, 0) is 13.1 Å². The van der Waals surface area contributed by atoms with Crippen molar-refractivity contribution in [3.05, 3.63) is 69.7 Å². The highest BCUT2D eigenvalue weighted by molar-refractivity contribution is 9.10. The highest BCUT2D eigenvalue weighted by atomic mass is 79.9. The minimum absolute atomic E-state index is 0.0419. The van der Waals surface area contributed by atoms with E-state index in [-0.39, 0.29) is 6.03 Å². The Morgan fingerprint density at radius 1 is 1.18 bits per heavy atom. The SMILES string of the molecule is CCN(Cc1cc(C)ccc1Br)C(=O)NCc1ccccc1. The topological polar surface area (TPSA) is 32.3 Å². The van der Waals surface area contributed by atoms with Crippen LogP contribution in [0.2, 0.25) is 0 Å². The molecule has 0 aromatic heterocycles. The zero-order valence-corrected chi connectivity index (χ0v) is 14.6. The van der Waals surface area contributed by atoms with Crippen molar-refractivity contribution in [1.29, 1.82) is 0 Å². The lowest BCUT2D eigenvalue weighted by molar-refractivity contribution is 0.197. The first-order valence-corrected chi connectivity index (χ1v) is 8.21. The quantitative estimate of drug-likeness (QED) is 0.836. The average Bonchev–Trinajstić information content (AvgIpc) is 2.54. The predicted molar refractivity (Wildman–Crippen MR) is 93.6 cm³/mol. The zero-order chi connectivity index (χ0) is 15.9. The molecule has 0 aliphatic heterocycles. The fourth-order valence-electron chi connectivity index (χ4n) is 2.24. The van der Waals surface area contributed by atoms with Crippen molar-refractivity contribution in [3.8, 4) is 0 Å². The van der Waals surface area contributed by atoms with Gasteiger partial charge in [0.05, 0.1) is 0 Å². The monoisotopic (exact) mass is 360 g/mol. The van der Waals surface area contributed by atoms with Gasteiger partial charge in [-0.05, 0) is 31.0 Å². The van der Waals surface area contributed by atoms with Crippen LogP contribution in [0.5, 0.6) is 0 Å². The fraction of sp³-hybridized carbons (Fsp3) is 0.278. The van der Waals surface area contributed by atoms with E-state index in [1.807, 2.05) is 48.2 Å². The lowest BCUT2D eigenvalue weighted by Crippen LogP contribution is -2.39. The van der Waals surface area contributed by atoms with Gasteiger partial charge in [-0.15, -0.1) is 0 Å². The summed E-state index contributed by atoms with van der Waals surface area (Å²) < 4.78 is 1.03. The van der Waals surface area contributed by atoms with Crippen LogP contribution in [0, 0.1) is 6.92 Å². The smallest absolute Gasteiger partial charge is 0.317 e. The molecular formula is C18H21BrN2O. The number of urea groups is 1. The van der Waals surface area contributed by atoms with Gasteiger partial charge in [0.2, 0.25) is 0 Å². The van der Waals surface area contributed by atoms with E-state index in [1.54, 1.807) is 0 Å². The first-order chi connectivity index (χ1) is 10.6. The standard InChI is InChI=1S/C18H21BrN2O/c1-3-21(13-16-11-14(2)9-10-17(16)19)18(22)20-12-15-7-5-4-6-8-15/h4-11H,3,12-13H2,1-2H3,(H,20,22). The largest absolute Gasteiger partial charge is 0.334 e. The van der Waals surface area contributed by atoms with E-state index in [0.717, 1.165) is 15.6 Å². The summed E-state index contributed by atoms with van der Waals surface area (Å²) in [4.78, 5) is 14.2. The van der Waals surface area contributed by atoms with E-state index in [2.05, 4.69) is 40.3 Å². The van der Waals surface area contributed by atoms with Crippen LogP contribution in [0.4, 0.5) is 4.79 Å². The van der Waals surface area contributed by atoms with Crippen LogP contribution < -0.4 is 5.32 Å². The Morgan fingerprint density at radius 3 is 2.59 bits per heavy atom. The molecule has 0 bridgehead atoms. The minimum atomic E-state index is -0.0419. The van der Waals surface area contributed by atoms with Gasteiger partial charge >= 0.3 is 6.03 Å². The van der Waals surface area contributed by atoms with Crippen molar-refractivity contribution in [2.24, 2.45) is 0 Å². The molecule has 0 aliphatic carbocycles. The molecule has 2 amide bonds. The molecule has 2 rings (SSSR count). The van der Waals surface area contributed by atoms with Crippen molar-refractivity contribution >= 4 is 22.0 Å². The van der Waals surface area contributed by atoms with Crippen LogP contribution in [0.3, 0.4) is 0 Å². The highest BCUT2D eigenvalue weighted by Gasteiger charge is 2.13. The molecule has 0 aliphatic rings. The molecular weight excluding hydrogens is 340 g/mol. The number of amides is 2. The van der Waals surface area contributed by atoms with Crippen LogP contribution in [0.25, 0.3) is 0 Å². The molecule has 22 heavy (non-hydrogen) atoms. The third-order valence-electron chi connectivity index (χ3n) is 3.52. The summed E-state index contributed by atoms with van der Waals surface area (Å²) in [6.45, 7) is 5.86. The molecule has 3 nitrogen and oxygen atoms in total. The van der Waals surface area contributed by atoms with Crippen LogP contribution >= 0.6 is 15.9 Å². The fourth-order valence-corrected chi connectivity index (χ4v) is 2.61. The minimum Gasteiger partial charge on any atom is -0.334 e. The summed E-state index contributed by atoms with van der Waals surface area (Å²) in [6.07, 6.45) is 0. The second-order valence-corrected chi connectivity index (χ2v) is 6.11. The molecule has 2 aromatic carbocycles. The summed E-state index contributed by atoms with van der Waals surface area (Å²) in [5, 5.41) is 2.98. The van der Waals surface area contributed by atoms with E-state index in [9.17, 15) is 4.79 Å². The number of carbonyl (C=O) groups is 1. The van der Waals surface area contributed by atoms with Crippen molar-refractivity contribution in [2.45, 2.75) is 26.9 Å². The summed E-state index contributed by atoms with van der Waals surface area (Å²) in [7, 11) is 0. The Bertz CT molecular complexity index is 628. The summed E-state index contributed by atoms with van der Waals surface area (Å²) in [5.74, 6) is 0. The van der Waals surface area contributed by atoms with E-state index in [0.29, 0.717) is 19.6 Å². The summed E-state index contributed by atoms with van der Waals surface area (Å²) in [5.41, 5.74) is 3.42. The van der Waals surface area contributed by atoms with Gasteiger partial charge in [0.25, 0.3) is 0 Å². The van der Waals surface area contributed by atoms with Crippen molar-refractivity contribution < 1.29 is 4.79 Å². The molecule has 0 radical (unpaired) electrons. The van der Waals surface area contributed by atoms with Crippen LogP contribution in [0.1, 0.15) is 23.6 Å². The number of nitrogens with zero attached hydrogens (tertiary/aromatic N) is 1. The molecule has 2 aromatic rings. The molecule has 0 atom stereocenters. The van der Waals surface area contributed by atoms with Crippen LogP contribution in [0.15, 0.2) is 53.0 Å². The number of nitrogens with one attached hydrogen (secondary N) is 1. The molecule has 4 heteroatoms. The molecule has 0 unspecified atom stereocenters. The third-order valence-corrected chi connectivity index (χ3v) is 4.29. The Kier molecular flexibility index (Phi) is 6.01. The second-order valence-electron chi connectivity index (χ2n) is 5.25. The average molecular weight is 361 g/mol. The first kappa shape index (κ1) is 16.6. The maximum atomic E-state index is 12.3. The Labute approximate surface area is 140 Å². The van der Waals surface area contributed by atoms with Gasteiger partial charge in [0, 0.05) is 24.1 Å².